The highest BCUT2D eigenvalue weighted by atomic mass is 16.2. The monoisotopic (exact) mass is 476 g/mol. The zero-order valence-electron chi connectivity index (χ0n) is 20.4. The molecule has 2 bridgehead atoms. The molecule has 7 heteroatoms. The Morgan fingerprint density at radius 1 is 1.06 bits per heavy atom. The van der Waals surface area contributed by atoms with Crippen LogP contribution in [0.1, 0.15) is 50.5 Å². The number of piperidine rings is 3. The average molecular weight is 477 g/mol. The maximum absolute atomic E-state index is 13.6. The summed E-state index contributed by atoms with van der Waals surface area (Å²) in [5, 5.41) is 2.78. The van der Waals surface area contributed by atoms with E-state index in [1.165, 1.54) is 42.7 Å². The number of rotatable bonds is 5. The lowest BCUT2D eigenvalue weighted by atomic mass is 9.68. The SMILES string of the molecule is O=C1N[C@H](CC(=O)N2CCCC3=C[C@H]4C[C@@H](CN5CCCC[C@H]45)[C@H]32)C(=O)N1CCc1ccccc1. The van der Waals surface area contributed by atoms with Crippen LogP contribution in [0.5, 0.6) is 0 Å². The molecule has 0 spiro atoms. The van der Waals surface area contributed by atoms with Crippen molar-refractivity contribution in [3.05, 3.63) is 47.5 Å². The van der Waals surface area contributed by atoms with Crippen molar-refractivity contribution in [2.45, 2.75) is 69.5 Å². The van der Waals surface area contributed by atoms with Gasteiger partial charge >= 0.3 is 6.03 Å². The molecule has 0 aromatic heterocycles. The van der Waals surface area contributed by atoms with E-state index >= 15 is 0 Å². The van der Waals surface area contributed by atoms with E-state index in [0.717, 1.165) is 31.5 Å². The second-order valence-corrected chi connectivity index (χ2v) is 11.0. The molecule has 7 nitrogen and oxygen atoms in total. The van der Waals surface area contributed by atoms with Crippen LogP contribution in [0.3, 0.4) is 0 Å². The molecule has 35 heavy (non-hydrogen) atoms. The molecule has 4 saturated heterocycles. The van der Waals surface area contributed by atoms with Gasteiger partial charge in [0.15, 0.2) is 0 Å². The molecule has 1 aromatic carbocycles. The molecule has 4 heterocycles. The Morgan fingerprint density at radius 3 is 2.77 bits per heavy atom. The first-order chi connectivity index (χ1) is 17.1. The van der Waals surface area contributed by atoms with Crippen molar-refractivity contribution in [2.75, 3.05) is 26.2 Å². The molecule has 4 fully saturated rings. The zero-order chi connectivity index (χ0) is 23.9. The summed E-state index contributed by atoms with van der Waals surface area (Å²) >= 11 is 0. The normalized spacial score (nSPS) is 32.6. The Morgan fingerprint density at radius 2 is 1.91 bits per heavy atom. The number of nitrogens with one attached hydrogen (secondary N) is 1. The van der Waals surface area contributed by atoms with Crippen molar-refractivity contribution in [3.63, 3.8) is 0 Å². The summed E-state index contributed by atoms with van der Waals surface area (Å²) in [6.07, 6.45) is 10.3. The van der Waals surface area contributed by atoms with E-state index in [9.17, 15) is 14.4 Å². The van der Waals surface area contributed by atoms with E-state index in [4.69, 9.17) is 0 Å². The van der Waals surface area contributed by atoms with Gasteiger partial charge in [-0.2, -0.15) is 0 Å². The standard InChI is InChI=1S/C28H36N4O3/c33-25(17-23-27(34)32(28(35)29-23)14-11-19-7-2-1-3-8-19)31-13-6-9-20-15-21-16-22(26(20)31)18-30-12-5-4-10-24(21)30/h1-3,7-8,15,21-24,26H,4-6,9-14,16-18H2,(H,29,35)/t21-,22-,23+,24+,26-/m0/s1. The van der Waals surface area contributed by atoms with E-state index in [1.807, 2.05) is 35.2 Å². The van der Waals surface area contributed by atoms with Crippen molar-refractivity contribution in [2.24, 2.45) is 11.8 Å². The van der Waals surface area contributed by atoms with Gasteiger partial charge in [0.05, 0.1) is 12.5 Å². The Bertz CT molecular complexity index is 1020. The molecule has 4 aliphatic heterocycles. The lowest BCUT2D eigenvalue weighted by Crippen LogP contribution is -2.60. The summed E-state index contributed by atoms with van der Waals surface area (Å²) in [5.74, 6) is 0.840. The lowest BCUT2D eigenvalue weighted by molar-refractivity contribution is -0.139. The molecule has 4 amide bonds. The van der Waals surface area contributed by atoms with Gasteiger partial charge in [-0.1, -0.05) is 48.4 Å². The number of hydrogen-bond acceptors (Lipinski definition) is 4. The van der Waals surface area contributed by atoms with Crippen LogP contribution < -0.4 is 5.32 Å². The first kappa shape index (κ1) is 22.8. The molecule has 186 valence electrons. The highest BCUT2D eigenvalue weighted by Gasteiger charge is 2.48. The van der Waals surface area contributed by atoms with Crippen LogP contribution in [0.4, 0.5) is 4.79 Å². The van der Waals surface area contributed by atoms with Crippen LogP contribution in [-0.2, 0) is 16.0 Å². The number of carbonyl (C=O) groups excluding carboxylic acids is 3. The van der Waals surface area contributed by atoms with Gasteiger partial charge in [0.25, 0.3) is 5.91 Å². The summed E-state index contributed by atoms with van der Waals surface area (Å²) in [6.45, 7) is 3.35. The largest absolute Gasteiger partial charge is 0.336 e. The highest BCUT2D eigenvalue weighted by molar-refractivity contribution is 6.05. The first-order valence-electron chi connectivity index (χ1n) is 13.5. The number of amides is 4. The van der Waals surface area contributed by atoms with E-state index < -0.39 is 6.04 Å². The maximum atomic E-state index is 13.6. The first-order valence-corrected chi connectivity index (χ1v) is 13.5. The Balaban J connectivity index is 1.12. The van der Waals surface area contributed by atoms with Crippen LogP contribution in [0, 0.1) is 11.8 Å². The Labute approximate surface area is 207 Å². The van der Waals surface area contributed by atoms with Crippen molar-refractivity contribution >= 4 is 17.8 Å². The molecule has 1 aromatic rings. The molecule has 1 N–H and O–H groups in total. The van der Waals surface area contributed by atoms with Crippen molar-refractivity contribution < 1.29 is 14.4 Å². The van der Waals surface area contributed by atoms with E-state index in [0.29, 0.717) is 30.8 Å². The van der Waals surface area contributed by atoms with Crippen LogP contribution in [0.15, 0.2) is 42.0 Å². The highest BCUT2D eigenvalue weighted by Crippen LogP contribution is 2.45. The summed E-state index contributed by atoms with van der Waals surface area (Å²) in [6, 6.07) is 9.56. The van der Waals surface area contributed by atoms with Gasteiger partial charge in [-0.25, -0.2) is 4.79 Å². The molecule has 6 rings (SSSR count). The summed E-state index contributed by atoms with van der Waals surface area (Å²) < 4.78 is 0. The molecule has 1 aliphatic carbocycles. The molecular weight excluding hydrogens is 440 g/mol. The number of hydrogen-bond donors (Lipinski definition) is 1. The van der Waals surface area contributed by atoms with Crippen LogP contribution in [0.2, 0.25) is 0 Å². The Hall–Kier alpha value is -2.67. The maximum Gasteiger partial charge on any atom is 0.324 e. The van der Waals surface area contributed by atoms with Gasteiger partial charge in [0.1, 0.15) is 6.04 Å². The van der Waals surface area contributed by atoms with Crippen molar-refractivity contribution in [1.82, 2.24) is 20.0 Å². The summed E-state index contributed by atoms with van der Waals surface area (Å²) in [7, 11) is 0. The van der Waals surface area contributed by atoms with Gasteiger partial charge in [-0.3, -0.25) is 19.4 Å². The number of likely N-dealkylation sites (tertiary alicyclic amines) is 1. The summed E-state index contributed by atoms with van der Waals surface area (Å²) in [5.41, 5.74) is 2.53. The Kier molecular flexibility index (Phi) is 6.13. The molecule has 5 atom stereocenters. The van der Waals surface area contributed by atoms with Crippen LogP contribution in [0.25, 0.3) is 0 Å². The van der Waals surface area contributed by atoms with E-state index in [-0.39, 0.29) is 30.3 Å². The average Bonchev–Trinajstić information content (AvgIpc) is 3.14. The fourth-order valence-corrected chi connectivity index (χ4v) is 7.36. The lowest BCUT2D eigenvalue weighted by Gasteiger charge is -2.54. The number of nitrogens with zero attached hydrogens (tertiary/aromatic N) is 3. The third-order valence-corrected chi connectivity index (χ3v) is 8.93. The van der Waals surface area contributed by atoms with Gasteiger partial charge in [-0.15, -0.1) is 0 Å². The van der Waals surface area contributed by atoms with E-state index in [2.05, 4.69) is 16.3 Å². The van der Waals surface area contributed by atoms with Crippen LogP contribution >= 0.6 is 0 Å². The smallest absolute Gasteiger partial charge is 0.324 e. The second kappa shape index (κ2) is 9.41. The number of benzene rings is 1. The number of urea groups is 1. The predicted molar refractivity (Wildman–Crippen MR) is 132 cm³/mol. The quantitative estimate of drug-likeness (QED) is 0.524. The second-order valence-electron chi connectivity index (χ2n) is 11.0. The third kappa shape index (κ3) is 4.28. The number of imide groups is 1. The zero-order valence-corrected chi connectivity index (χ0v) is 20.4. The predicted octanol–water partition coefficient (Wildman–Crippen LogP) is 2.96. The molecule has 0 saturated carbocycles. The van der Waals surface area contributed by atoms with Crippen molar-refractivity contribution in [3.8, 4) is 0 Å². The summed E-state index contributed by atoms with van der Waals surface area (Å²) in [4.78, 5) is 45.1. The van der Waals surface area contributed by atoms with E-state index in [1.54, 1.807) is 0 Å². The minimum atomic E-state index is -0.755. The molecular formula is C28H36N4O3. The minimum Gasteiger partial charge on any atom is -0.336 e. The van der Waals surface area contributed by atoms with Gasteiger partial charge in [0, 0.05) is 25.7 Å². The molecule has 0 unspecified atom stereocenters. The number of carbonyl (C=O) groups is 3. The number of fused-ring (bicyclic) bond motifs is 6. The van der Waals surface area contributed by atoms with Gasteiger partial charge < -0.3 is 10.2 Å². The van der Waals surface area contributed by atoms with Crippen molar-refractivity contribution in [1.29, 1.82) is 0 Å². The molecule has 5 aliphatic rings. The topological polar surface area (TPSA) is 73.0 Å². The molecule has 0 radical (unpaired) electrons. The third-order valence-electron chi connectivity index (χ3n) is 8.93. The fourth-order valence-electron chi connectivity index (χ4n) is 7.36. The van der Waals surface area contributed by atoms with Gasteiger partial charge in [-0.05, 0) is 62.5 Å². The van der Waals surface area contributed by atoms with Crippen LogP contribution in [-0.4, -0.2) is 76.8 Å². The van der Waals surface area contributed by atoms with Gasteiger partial charge in [0.2, 0.25) is 5.91 Å². The minimum absolute atomic E-state index is 0.00313. The fraction of sp³-hybridized carbons (Fsp3) is 0.607.